The molecule has 1 saturated heterocycles. The lowest BCUT2D eigenvalue weighted by atomic mass is 9.90. The number of rotatable bonds is 6. The minimum absolute atomic E-state index is 0.230. The Labute approximate surface area is 221 Å². The first kappa shape index (κ1) is 24.7. The monoisotopic (exact) mass is 515 g/mol. The van der Waals surface area contributed by atoms with Crippen LogP contribution in [0.1, 0.15) is 37.4 Å². The summed E-state index contributed by atoms with van der Waals surface area (Å²) in [5, 5.41) is 8.78. The smallest absolute Gasteiger partial charge is 0.164 e. The second-order valence-electron chi connectivity index (χ2n) is 10.4. The molecule has 3 aromatic heterocycles. The highest BCUT2D eigenvalue weighted by molar-refractivity contribution is 5.98. The number of fused-ring (bicyclic) bond motifs is 1. The molecule has 0 atom stereocenters. The summed E-state index contributed by atoms with van der Waals surface area (Å²) in [5.41, 5.74) is 9.56. The van der Waals surface area contributed by atoms with E-state index in [0.29, 0.717) is 46.4 Å². The predicted octanol–water partition coefficient (Wildman–Crippen LogP) is 3.95. The average Bonchev–Trinajstić information content (AvgIpc) is 3.34. The fourth-order valence-corrected chi connectivity index (χ4v) is 5.80. The minimum Gasteiger partial charge on any atom is -0.383 e. The molecule has 1 aromatic carbocycles. The maximum Gasteiger partial charge on any atom is 0.164 e. The number of nitrogens with one attached hydrogen (secondary N) is 1. The maximum atomic E-state index is 15.2. The van der Waals surface area contributed by atoms with E-state index in [0.717, 1.165) is 57.6 Å². The number of nitrogen functional groups attached to an aromatic ring is 1. The van der Waals surface area contributed by atoms with Crippen molar-refractivity contribution in [3.05, 3.63) is 60.4 Å². The van der Waals surface area contributed by atoms with Gasteiger partial charge in [0, 0.05) is 44.0 Å². The molecule has 4 heterocycles. The Hall–Kier alpha value is -3.63. The van der Waals surface area contributed by atoms with Gasteiger partial charge in [-0.1, -0.05) is 12.1 Å². The van der Waals surface area contributed by atoms with Gasteiger partial charge >= 0.3 is 0 Å². The summed E-state index contributed by atoms with van der Waals surface area (Å²) in [6.45, 7) is 4.99. The van der Waals surface area contributed by atoms with Crippen molar-refractivity contribution >= 4 is 22.5 Å². The van der Waals surface area contributed by atoms with Crippen LogP contribution < -0.4 is 11.1 Å². The number of likely N-dealkylation sites (N-methyl/N-ethyl adjacent to an activating group) is 1. The summed E-state index contributed by atoms with van der Waals surface area (Å²) in [7, 11) is 2.19. The van der Waals surface area contributed by atoms with Gasteiger partial charge in [-0.2, -0.15) is 5.10 Å². The van der Waals surface area contributed by atoms with Crippen LogP contribution in [0.4, 0.5) is 15.9 Å². The van der Waals surface area contributed by atoms with Crippen LogP contribution in [-0.2, 0) is 6.54 Å². The largest absolute Gasteiger partial charge is 0.383 e. The third-order valence-electron chi connectivity index (χ3n) is 8.01. The highest BCUT2D eigenvalue weighted by Gasteiger charge is 2.30. The molecule has 9 nitrogen and oxygen atoms in total. The molecule has 1 aliphatic heterocycles. The Morgan fingerprint density at radius 2 is 1.76 bits per heavy atom. The lowest BCUT2D eigenvalue weighted by molar-refractivity contribution is 0.0815. The minimum atomic E-state index is -0.357. The summed E-state index contributed by atoms with van der Waals surface area (Å²) in [5.74, 6) is 0.00405. The molecule has 1 aliphatic carbocycles. The Balaban J connectivity index is 1.23. The topological polar surface area (TPSA) is 101 Å². The number of hydrogen-bond donors (Lipinski definition) is 2. The lowest BCUT2D eigenvalue weighted by Gasteiger charge is -2.41. The number of nitrogens with two attached hydrogens (primary N) is 1. The van der Waals surface area contributed by atoms with E-state index in [1.165, 1.54) is 12.4 Å². The van der Waals surface area contributed by atoms with Gasteiger partial charge in [-0.3, -0.25) is 9.88 Å². The van der Waals surface area contributed by atoms with Gasteiger partial charge in [-0.15, -0.1) is 0 Å². The van der Waals surface area contributed by atoms with Gasteiger partial charge < -0.3 is 16.0 Å². The maximum absolute atomic E-state index is 15.2. The average molecular weight is 516 g/mol. The molecular formula is C28H34FN9. The van der Waals surface area contributed by atoms with Crippen molar-refractivity contribution in [3.8, 4) is 11.3 Å². The van der Waals surface area contributed by atoms with E-state index in [1.807, 2.05) is 28.9 Å². The van der Waals surface area contributed by atoms with Crippen molar-refractivity contribution in [3.63, 3.8) is 0 Å². The van der Waals surface area contributed by atoms with Crippen LogP contribution in [0.2, 0.25) is 0 Å². The molecule has 2 fully saturated rings. The second-order valence-corrected chi connectivity index (χ2v) is 10.4. The highest BCUT2D eigenvalue weighted by atomic mass is 19.1. The van der Waals surface area contributed by atoms with Crippen LogP contribution in [0.15, 0.2) is 48.9 Å². The van der Waals surface area contributed by atoms with Gasteiger partial charge in [-0.05, 0) is 57.0 Å². The van der Waals surface area contributed by atoms with Crippen LogP contribution in [0.3, 0.4) is 0 Å². The number of piperazine rings is 1. The quantitative estimate of drug-likeness (QED) is 0.398. The molecule has 0 amide bonds. The summed E-state index contributed by atoms with van der Waals surface area (Å²) < 4.78 is 17.2. The van der Waals surface area contributed by atoms with Gasteiger partial charge in [0.05, 0.1) is 29.4 Å². The summed E-state index contributed by atoms with van der Waals surface area (Å²) in [6, 6.07) is 11.6. The molecule has 198 valence electrons. The molecule has 0 bridgehead atoms. The zero-order valence-electron chi connectivity index (χ0n) is 21.7. The number of anilines is 2. The molecule has 0 unspecified atom stereocenters. The second kappa shape index (κ2) is 10.6. The zero-order valence-corrected chi connectivity index (χ0v) is 21.7. The van der Waals surface area contributed by atoms with E-state index >= 15 is 4.39 Å². The fourth-order valence-electron chi connectivity index (χ4n) is 5.80. The van der Waals surface area contributed by atoms with Crippen LogP contribution in [0, 0.1) is 5.82 Å². The molecule has 10 heteroatoms. The summed E-state index contributed by atoms with van der Waals surface area (Å²) in [6.07, 6.45) is 7.54. The number of pyridine rings is 1. The van der Waals surface area contributed by atoms with E-state index in [9.17, 15) is 0 Å². The van der Waals surface area contributed by atoms with E-state index in [2.05, 4.69) is 37.1 Å². The summed E-state index contributed by atoms with van der Waals surface area (Å²) in [4.78, 5) is 18.1. The first-order valence-electron chi connectivity index (χ1n) is 13.4. The fraction of sp³-hybridized carbons (Fsp3) is 0.429. The molecule has 3 N–H and O–H groups in total. The molecule has 0 spiro atoms. The molecule has 4 aromatic rings. The number of nitrogens with zero attached hydrogens (tertiary/aromatic N) is 7. The third-order valence-corrected chi connectivity index (χ3v) is 8.01. The number of benzene rings is 1. The number of halogens is 1. The lowest BCUT2D eigenvalue weighted by Crippen LogP contribution is -2.49. The molecule has 0 radical (unpaired) electrons. The van der Waals surface area contributed by atoms with Gasteiger partial charge in [0.15, 0.2) is 5.65 Å². The van der Waals surface area contributed by atoms with Crippen molar-refractivity contribution < 1.29 is 4.39 Å². The predicted molar refractivity (Wildman–Crippen MR) is 147 cm³/mol. The van der Waals surface area contributed by atoms with Gasteiger partial charge in [0.25, 0.3) is 0 Å². The van der Waals surface area contributed by atoms with Gasteiger partial charge in [0.2, 0.25) is 0 Å². The van der Waals surface area contributed by atoms with Crippen LogP contribution in [0.5, 0.6) is 0 Å². The Morgan fingerprint density at radius 3 is 2.50 bits per heavy atom. The first-order valence-corrected chi connectivity index (χ1v) is 13.4. The third kappa shape index (κ3) is 4.93. The van der Waals surface area contributed by atoms with E-state index in [-0.39, 0.29) is 11.9 Å². The van der Waals surface area contributed by atoms with Crippen LogP contribution >= 0.6 is 0 Å². The van der Waals surface area contributed by atoms with E-state index < -0.39 is 0 Å². The van der Waals surface area contributed by atoms with Crippen molar-refractivity contribution in [1.29, 1.82) is 0 Å². The van der Waals surface area contributed by atoms with Gasteiger partial charge in [-0.25, -0.2) is 19.0 Å². The van der Waals surface area contributed by atoms with Crippen molar-refractivity contribution in [2.75, 3.05) is 44.3 Å². The summed E-state index contributed by atoms with van der Waals surface area (Å²) >= 11 is 0. The van der Waals surface area contributed by atoms with Crippen molar-refractivity contribution in [2.24, 2.45) is 0 Å². The molecule has 38 heavy (non-hydrogen) atoms. The molecule has 2 aliphatic rings. The standard InChI is InChI=1S/C28H34FN9/c1-36-12-14-37(15-13-36)21-6-8-22(9-7-21)38-28-25(27(30)33-18-34-28)26(35-38)19-5-10-24(23(29)16-19)32-17-20-4-2-3-11-31-20/h2-5,10-11,16,18,21-22,32H,6-9,12-15,17H2,1H3,(H2,30,33,34). The van der Waals surface area contributed by atoms with Gasteiger partial charge in [0.1, 0.15) is 23.7 Å². The van der Waals surface area contributed by atoms with E-state index in [4.69, 9.17) is 10.8 Å². The number of hydrogen-bond acceptors (Lipinski definition) is 8. The number of aromatic nitrogens is 5. The van der Waals surface area contributed by atoms with Crippen molar-refractivity contribution in [1.82, 2.24) is 34.5 Å². The Kier molecular flexibility index (Phi) is 6.90. The highest BCUT2D eigenvalue weighted by Crippen LogP contribution is 2.37. The molecule has 6 rings (SSSR count). The Bertz CT molecular complexity index is 1390. The zero-order chi connectivity index (χ0) is 26.1. The van der Waals surface area contributed by atoms with Crippen LogP contribution in [0.25, 0.3) is 22.3 Å². The van der Waals surface area contributed by atoms with Crippen LogP contribution in [-0.4, -0.2) is 73.8 Å². The Morgan fingerprint density at radius 1 is 0.974 bits per heavy atom. The molecular weight excluding hydrogens is 481 g/mol. The normalized spacial score (nSPS) is 21.1. The molecule has 1 saturated carbocycles. The first-order chi connectivity index (χ1) is 18.6. The van der Waals surface area contributed by atoms with Crippen molar-refractivity contribution in [2.45, 2.75) is 44.3 Å². The van der Waals surface area contributed by atoms with E-state index in [1.54, 1.807) is 12.3 Å². The SMILES string of the molecule is CN1CCN(C2CCC(n3nc(-c4ccc(NCc5ccccn5)c(F)c4)c4c(N)ncnc43)CC2)CC1.